The molecule has 0 radical (unpaired) electrons. The Bertz CT molecular complexity index is 790. The van der Waals surface area contributed by atoms with Gasteiger partial charge in [-0.25, -0.2) is 0 Å². The molecule has 1 aromatic carbocycles. The van der Waals surface area contributed by atoms with Crippen LogP contribution in [-0.2, 0) is 0 Å². The Morgan fingerprint density at radius 2 is 2.04 bits per heavy atom. The van der Waals surface area contributed by atoms with Crippen molar-refractivity contribution in [2.45, 2.75) is 26.8 Å². The number of methoxy groups -OCH3 is 1. The van der Waals surface area contributed by atoms with Gasteiger partial charge < -0.3 is 10.1 Å². The van der Waals surface area contributed by atoms with Crippen molar-refractivity contribution >= 4 is 11.6 Å². The Morgan fingerprint density at radius 3 is 2.60 bits per heavy atom. The Morgan fingerprint density at radius 1 is 1.32 bits per heavy atom. The predicted octanol–water partition coefficient (Wildman–Crippen LogP) is 3.43. The molecular formula is C18H21N3O4. The summed E-state index contributed by atoms with van der Waals surface area (Å²) < 4.78 is 5.08. The van der Waals surface area contributed by atoms with Gasteiger partial charge in [-0.05, 0) is 36.6 Å². The minimum absolute atomic E-state index is 0.0383. The van der Waals surface area contributed by atoms with E-state index in [0.717, 1.165) is 11.3 Å². The highest BCUT2D eigenvalue weighted by atomic mass is 16.6. The van der Waals surface area contributed by atoms with Gasteiger partial charge >= 0.3 is 0 Å². The first kappa shape index (κ1) is 18.4. The molecular weight excluding hydrogens is 322 g/mol. The molecule has 1 heterocycles. The van der Waals surface area contributed by atoms with E-state index in [9.17, 15) is 14.9 Å². The summed E-state index contributed by atoms with van der Waals surface area (Å²) in [4.78, 5) is 27.8. The quantitative estimate of drug-likeness (QED) is 0.640. The van der Waals surface area contributed by atoms with Crippen LogP contribution < -0.4 is 10.1 Å². The van der Waals surface area contributed by atoms with Gasteiger partial charge in [0.15, 0.2) is 0 Å². The number of nitro groups is 1. The van der Waals surface area contributed by atoms with Crippen molar-refractivity contribution in [1.82, 2.24) is 10.3 Å². The van der Waals surface area contributed by atoms with E-state index in [0.29, 0.717) is 5.75 Å². The normalized spacial score (nSPS) is 11.9. The minimum Gasteiger partial charge on any atom is -0.497 e. The zero-order chi connectivity index (χ0) is 18.6. The molecule has 7 nitrogen and oxygen atoms in total. The molecule has 0 fully saturated rings. The second kappa shape index (κ2) is 7.74. The van der Waals surface area contributed by atoms with Crippen LogP contribution in [-0.4, -0.2) is 22.9 Å². The molecule has 7 heteroatoms. The van der Waals surface area contributed by atoms with Gasteiger partial charge in [-0.15, -0.1) is 0 Å². The summed E-state index contributed by atoms with van der Waals surface area (Å²) in [5, 5.41) is 14.1. The van der Waals surface area contributed by atoms with Crippen LogP contribution in [0.1, 0.15) is 41.5 Å². The van der Waals surface area contributed by atoms with Crippen molar-refractivity contribution in [3.8, 4) is 5.75 Å². The van der Waals surface area contributed by atoms with Crippen molar-refractivity contribution in [1.29, 1.82) is 0 Å². The van der Waals surface area contributed by atoms with Crippen LogP contribution in [0, 0.1) is 23.0 Å². The number of ether oxygens (including phenoxy) is 1. The van der Waals surface area contributed by atoms with Crippen LogP contribution in [0.4, 0.5) is 5.69 Å². The number of pyridine rings is 1. The van der Waals surface area contributed by atoms with Gasteiger partial charge in [0.1, 0.15) is 11.3 Å². The van der Waals surface area contributed by atoms with Gasteiger partial charge in [0.05, 0.1) is 23.8 Å². The first-order valence-electron chi connectivity index (χ1n) is 7.90. The molecule has 2 aromatic rings. The van der Waals surface area contributed by atoms with Gasteiger partial charge in [0, 0.05) is 12.3 Å². The number of nitro benzene ring substituents is 1. The van der Waals surface area contributed by atoms with Crippen LogP contribution in [0.5, 0.6) is 5.75 Å². The number of benzene rings is 1. The maximum absolute atomic E-state index is 12.7. The zero-order valence-corrected chi connectivity index (χ0v) is 14.6. The van der Waals surface area contributed by atoms with Crippen molar-refractivity contribution < 1.29 is 14.5 Å². The molecule has 1 amide bonds. The first-order chi connectivity index (χ1) is 11.8. The fourth-order valence-corrected chi connectivity index (χ4v) is 2.58. The second-order valence-electron chi connectivity index (χ2n) is 6.04. The second-order valence-corrected chi connectivity index (χ2v) is 6.04. The summed E-state index contributed by atoms with van der Waals surface area (Å²) in [5.41, 5.74) is 1.39. The monoisotopic (exact) mass is 343 g/mol. The van der Waals surface area contributed by atoms with Gasteiger partial charge in [-0.3, -0.25) is 19.9 Å². The molecule has 0 aliphatic rings. The standard InChI is InChI=1S/C18H21N3O4/c1-11(2)16(17-12(3)6-5-9-19-17)20-18(22)14-10-13(25-4)7-8-15(14)21(23)24/h5-11,16H,1-4H3,(H,20,22)/t16-/m0/s1. The SMILES string of the molecule is COc1ccc([N+](=O)[O-])c(C(=O)N[C@H](c2ncccc2C)C(C)C)c1. The summed E-state index contributed by atoms with van der Waals surface area (Å²) in [6.45, 7) is 5.83. The average Bonchev–Trinajstić information content (AvgIpc) is 2.59. The van der Waals surface area contributed by atoms with E-state index in [1.165, 1.54) is 25.3 Å². The molecule has 1 atom stereocenters. The van der Waals surface area contributed by atoms with E-state index >= 15 is 0 Å². The molecule has 0 saturated carbocycles. The minimum atomic E-state index is -0.579. The molecule has 2 rings (SSSR count). The molecule has 0 aliphatic heterocycles. The number of hydrogen-bond donors (Lipinski definition) is 1. The highest BCUT2D eigenvalue weighted by molar-refractivity contribution is 5.98. The molecule has 0 aliphatic carbocycles. The summed E-state index contributed by atoms with van der Waals surface area (Å²) in [6, 6.07) is 7.47. The highest BCUT2D eigenvalue weighted by Crippen LogP contribution is 2.27. The molecule has 0 spiro atoms. The lowest BCUT2D eigenvalue weighted by Gasteiger charge is -2.23. The van der Waals surface area contributed by atoms with Crippen LogP contribution in [0.3, 0.4) is 0 Å². The molecule has 0 saturated heterocycles. The van der Waals surface area contributed by atoms with Gasteiger partial charge in [0.25, 0.3) is 11.6 Å². The van der Waals surface area contributed by atoms with Crippen LogP contribution in [0.2, 0.25) is 0 Å². The number of aromatic nitrogens is 1. The number of carbonyl (C=O) groups is 1. The van der Waals surface area contributed by atoms with Crippen LogP contribution in [0.25, 0.3) is 0 Å². The van der Waals surface area contributed by atoms with Crippen molar-refractivity contribution in [3.63, 3.8) is 0 Å². The zero-order valence-electron chi connectivity index (χ0n) is 14.6. The van der Waals surface area contributed by atoms with Gasteiger partial charge in [0.2, 0.25) is 0 Å². The Labute approximate surface area is 146 Å². The maximum atomic E-state index is 12.7. The van der Waals surface area contributed by atoms with E-state index in [1.807, 2.05) is 32.9 Å². The maximum Gasteiger partial charge on any atom is 0.282 e. The Balaban J connectivity index is 2.40. The summed E-state index contributed by atoms with van der Waals surface area (Å²) in [5.74, 6) is -0.0950. The number of nitrogens with one attached hydrogen (secondary N) is 1. The molecule has 0 bridgehead atoms. The van der Waals surface area contributed by atoms with Gasteiger partial charge in [-0.1, -0.05) is 19.9 Å². The number of nitrogens with zero attached hydrogens (tertiary/aromatic N) is 2. The molecule has 25 heavy (non-hydrogen) atoms. The van der Waals surface area contributed by atoms with Crippen LogP contribution >= 0.6 is 0 Å². The van der Waals surface area contributed by atoms with E-state index in [1.54, 1.807) is 6.20 Å². The van der Waals surface area contributed by atoms with Crippen LogP contribution in [0.15, 0.2) is 36.5 Å². The van der Waals surface area contributed by atoms with E-state index in [-0.39, 0.29) is 23.2 Å². The lowest BCUT2D eigenvalue weighted by Crippen LogP contribution is -2.33. The molecule has 132 valence electrons. The van der Waals surface area contributed by atoms with Gasteiger partial charge in [-0.2, -0.15) is 0 Å². The number of hydrogen-bond acceptors (Lipinski definition) is 5. The Kier molecular flexibility index (Phi) is 5.69. The van der Waals surface area contributed by atoms with Crippen molar-refractivity contribution in [3.05, 3.63) is 63.5 Å². The number of amides is 1. The van der Waals surface area contributed by atoms with E-state index in [2.05, 4.69) is 10.3 Å². The summed E-state index contributed by atoms with van der Waals surface area (Å²) in [7, 11) is 1.44. The topological polar surface area (TPSA) is 94.4 Å². The lowest BCUT2D eigenvalue weighted by molar-refractivity contribution is -0.385. The Hall–Kier alpha value is -2.96. The number of carbonyl (C=O) groups excluding carboxylic acids is 1. The number of aryl methyl sites for hydroxylation is 1. The fraction of sp³-hybridized carbons (Fsp3) is 0.333. The molecule has 1 aromatic heterocycles. The van der Waals surface area contributed by atoms with E-state index < -0.39 is 10.8 Å². The third-order valence-electron chi connectivity index (χ3n) is 3.94. The summed E-state index contributed by atoms with van der Waals surface area (Å²) in [6.07, 6.45) is 1.66. The van der Waals surface area contributed by atoms with Crippen molar-refractivity contribution in [2.24, 2.45) is 5.92 Å². The third-order valence-corrected chi connectivity index (χ3v) is 3.94. The highest BCUT2D eigenvalue weighted by Gasteiger charge is 2.26. The average molecular weight is 343 g/mol. The van der Waals surface area contributed by atoms with Crippen molar-refractivity contribution in [2.75, 3.05) is 7.11 Å². The summed E-state index contributed by atoms with van der Waals surface area (Å²) >= 11 is 0. The first-order valence-corrected chi connectivity index (χ1v) is 7.90. The lowest BCUT2D eigenvalue weighted by atomic mass is 9.96. The molecule has 1 N–H and O–H groups in total. The third kappa shape index (κ3) is 4.12. The largest absolute Gasteiger partial charge is 0.497 e. The van der Waals surface area contributed by atoms with E-state index in [4.69, 9.17) is 4.74 Å². The predicted molar refractivity (Wildman–Crippen MR) is 93.7 cm³/mol. The smallest absolute Gasteiger partial charge is 0.282 e. The fourth-order valence-electron chi connectivity index (χ4n) is 2.58. The number of rotatable bonds is 6. The molecule has 0 unspecified atom stereocenters.